The fourth-order valence-electron chi connectivity index (χ4n) is 13.9. The van der Waals surface area contributed by atoms with E-state index in [0.717, 1.165) is 150 Å². The van der Waals surface area contributed by atoms with Crippen molar-refractivity contribution >= 4 is 123 Å². The lowest BCUT2D eigenvalue weighted by molar-refractivity contribution is 0.669. The molecule has 0 N–H and O–H groups in total. The van der Waals surface area contributed by atoms with Gasteiger partial charge < -0.3 is 23.2 Å². The molecule has 0 saturated carbocycles. The van der Waals surface area contributed by atoms with Gasteiger partial charge in [0.1, 0.15) is 22.3 Å². The lowest BCUT2D eigenvalue weighted by Gasteiger charge is -2.46. The van der Waals surface area contributed by atoms with Crippen LogP contribution >= 0.6 is 0 Å². The summed E-state index contributed by atoms with van der Waals surface area (Å²) in [6.07, 6.45) is 0. The second-order valence-corrected chi connectivity index (χ2v) is 22.0. The van der Waals surface area contributed by atoms with E-state index in [2.05, 4.69) is 233 Å². The van der Waals surface area contributed by atoms with E-state index in [4.69, 9.17) is 10.2 Å². The van der Waals surface area contributed by atoms with Gasteiger partial charge in [-0.15, -0.1) is 0 Å². The maximum absolute atomic E-state index is 9.92. The third-order valence-corrected chi connectivity index (χ3v) is 17.5. The van der Waals surface area contributed by atoms with Gasteiger partial charge in [0.2, 0.25) is 0 Å². The summed E-state index contributed by atoms with van der Waals surface area (Å²) in [4.78, 5) is 4.99. The summed E-state index contributed by atoms with van der Waals surface area (Å²) in [5.41, 5.74) is 22.0. The average Bonchev–Trinajstić information content (AvgIpc) is 0.959. The van der Waals surface area contributed by atoms with Gasteiger partial charge in [0.05, 0.1) is 33.6 Å². The standard InChI is InChI=1S/C78H48BN3O2/c1-5-23-49(24-6-1)54-35-21-36-55(50-25-7-2-8-26-50)77(54)81-68-45-62-60-33-15-19-41-72(60)83-74(62)47-64(68)79-65-48-75-63(61-34-16-20-42-73(61)84-75)46-69(65)82(78-56(51-27-9-3-10-28-51)37-22-38-57(78)52-29-11-4-12-30-52)71-44-53(43-70(81)76(71)79)80-66-39-17-13-31-58(66)59-32-14-18-40-67(59)80/h1-48H/i13D,17D,31D,39D. The molecule has 0 aliphatic carbocycles. The molecule has 2 aliphatic heterocycles. The van der Waals surface area contributed by atoms with Gasteiger partial charge in [-0.1, -0.05) is 230 Å². The fourth-order valence-corrected chi connectivity index (χ4v) is 13.9. The van der Waals surface area contributed by atoms with Crippen molar-refractivity contribution in [3.8, 4) is 50.2 Å². The molecule has 16 aromatic rings. The smallest absolute Gasteiger partial charge is 0.252 e. The molecule has 5 nitrogen and oxygen atoms in total. The maximum Gasteiger partial charge on any atom is 0.252 e. The van der Waals surface area contributed by atoms with E-state index >= 15 is 0 Å². The van der Waals surface area contributed by atoms with Crippen molar-refractivity contribution in [1.29, 1.82) is 0 Å². The summed E-state index contributed by atoms with van der Waals surface area (Å²) in [5.74, 6) is 0. The minimum absolute atomic E-state index is 0.0854. The Morgan fingerprint density at radius 1 is 0.310 bits per heavy atom. The molecular formula is C78H48BN3O2. The number of para-hydroxylation sites is 6. The quantitative estimate of drug-likeness (QED) is 0.149. The number of anilines is 6. The van der Waals surface area contributed by atoms with E-state index in [-0.39, 0.29) is 24.2 Å². The Morgan fingerprint density at radius 3 is 1.18 bits per heavy atom. The maximum atomic E-state index is 9.92. The van der Waals surface area contributed by atoms with Gasteiger partial charge in [-0.05, 0) is 99.3 Å². The molecule has 2 aliphatic rings. The fraction of sp³-hybridized carbons (Fsp3) is 0. The third kappa shape index (κ3) is 6.85. The molecule has 0 atom stereocenters. The number of fused-ring (bicyclic) bond motifs is 13. The Kier molecular flexibility index (Phi) is 9.27. The Balaban J connectivity index is 1.09. The minimum atomic E-state index is -0.435. The lowest BCUT2D eigenvalue weighted by atomic mass is 9.33. The topological polar surface area (TPSA) is 37.7 Å². The van der Waals surface area contributed by atoms with E-state index in [9.17, 15) is 4.11 Å². The van der Waals surface area contributed by atoms with Crippen LogP contribution in [0.2, 0.25) is 0 Å². The normalized spacial score (nSPS) is 13.4. The van der Waals surface area contributed by atoms with E-state index < -0.39 is 6.71 Å². The van der Waals surface area contributed by atoms with Crippen molar-refractivity contribution in [2.75, 3.05) is 9.80 Å². The number of rotatable bonds is 7. The first-order chi connectivity index (χ1) is 43.4. The molecule has 0 bridgehead atoms. The minimum Gasteiger partial charge on any atom is -0.456 e. The highest BCUT2D eigenvalue weighted by Crippen LogP contribution is 2.54. The monoisotopic (exact) mass is 1070 g/mol. The highest BCUT2D eigenvalue weighted by Gasteiger charge is 2.46. The molecule has 0 fully saturated rings. The molecule has 390 valence electrons. The summed E-state index contributed by atoms with van der Waals surface area (Å²) >= 11 is 0. The first-order valence-corrected chi connectivity index (χ1v) is 28.5. The molecule has 18 rings (SSSR count). The second-order valence-electron chi connectivity index (χ2n) is 22.0. The number of hydrogen-bond donors (Lipinski definition) is 0. The molecule has 0 unspecified atom stereocenters. The SMILES string of the molecule is [2H]c1c([2H])c([2H])c2c(c1[2H])c1ccccc1n2-c1cc2c3c(c1)N(c1c(-c4ccccc4)cccc1-c1ccccc1)c1cc4c(cc1B3c1cc3oc5ccccc5c3cc1N2c1c(-c2ccccc2)cccc1-c1ccccc1)oc1ccccc14. The van der Waals surface area contributed by atoms with Crippen LogP contribution in [0.5, 0.6) is 0 Å². The molecule has 6 heteroatoms. The van der Waals surface area contributed by atoms with E-state index in [1.807, 2.05) is 48.5 Å². The highest BCUT2D eigenvalue weighted by molar-refractivity contribution is 7.00. The van der Waals surface area contributed by atoms with Crippen LogP contribution in [0.15, 0.2) is 300 Å². The largest absolute Gasteiger partial charge is 0.456 e. The average molecular weight is 1070 g/mol. The van der Waals surface area contributed by atoms with Crippen molar-refractivity contribution < 1.29 is 14.3 Å². The van der Waals surface area contributed by atoms with Gasteiger partial charge in [0, 0.05) is 77.3 Å². The molecular weight excluding hydrogens is 1020 g/mol. The van der Waals surface area contributed by atoms with E-state index in [1.165, 1.54) is 0 Å². The predicted molar refractivity (Wildman–Crippen MR) is 351 cm³/mol. The van der Waals surface area contributed by atoms with Crippen molar-refractivity contribution in [2.45, 2.75) is 0 Å². The van der Waals surface area contributed by atoms with Crippen molar-refractivity contribution in [2.24, 2.45) is 0 Å². The summed E-state index contributed by atoms with van der Waals surface area (Å²) in [6.45, 7) is -0.435. The van der Waals surface area contributed by atoms with Crippen LogP contribution in [0, 0.1) is 0 Å². The molecule has 13 aromatic carbocycles. The zero-order chi connectivity index (χ0) is 58.5. The van der Waals surface area contributed by atoms with Gasteiger partial charge in [0.15, 0.2) is 0 Å². The van der Waals surface area contributed by atoms with Crippen LogP contribution in [0.1, 0.15) is 5.48 Å². The molecule has 5 heterocycles. The summed E-state index contributed by atoms with van der Waals surface area (Å²) in [5, 5.41) is 5.15. The number of furan rings is 2. The Bertz CT molecular complexity index is 5200. The second kappa shape index (κ2) is 18.2. The summed E-state index contributed by atoms with van der Waals surface area (Å²) < 4.78 is 53.9. The molecule has 84 heavy (non-hydrogen) atoms. The molecule has 0 radical (unpaired) electrons. The molecule has 0 spiro atoms. The van der Waals surface area contributed by atoms with Gasteiger partial charge in [-0.3, -0.25) is 0 Å². The Hall–Kier alpha value is -11.1. The number of hydrogen-bond acceptors (Lipinski definition) is 4. The number of nitrogens with zero attached hydrogens (tertiary/aromatic N) is 3. The molecule has 0 saturated heterocycles. The van der Waals surface area contributed by atoms with Crippen molar-refractivity contribution in [3.05, 3.63) is 291 Å². The predicted octanol–water partition coefficient (Wildman–Crippen LogP) is 19.3. The first-order valence-electron chi connectivity index (χ1n) is 30.5. The van der Waals surface area contributed by atoms with Crippen molar-refractivity contribution in [1.82, 2.24) is 4.57 Å². The Labute approximate surface area is 490 Å². The summed E-state index contributed by atoms with van der Waals surface area (Å²) in [6, 6.07) is 93.4. The highest BCUT2D eigenvalue weighted by atomic mass is 16.3. The Morgan fingerprint density at radius 2 is 0.714 bits per heavy atom. The van der Waals surface area contributed by atoms with E-state index in [1.54, 1.807) is 0 Å². The van der Waals surface area contributed by atoms with Crippen LogP contribution in [0.4, 0.5) is 34.1 Å². The number of benzene rings is 13. The third-order valence-electron chi connectivity index (χ3n) is 17.5. The van der Waals surface area contributed by atoms with Gasteiger partial charge in [-0.2, -0.15) is 0 Å². The van der Waals surface area contributed by atoms with Gasteiger partial charge in [-0.25, -0.2) is 0 Å². The summed E-state index contributed by atoms with van der Waals surface area (Å²) in [7, 11) is 0. The van der Waals surface area contributed by atoms with Crippen LogP contribution in [-0.2, 0) is 0 Å². The van der Waals surface area contributed by atoms with Crippen LogP contribution in [0.3, 0.4) is 0 Å². The molecule has 3 aromatic heterocycles. The van der Waals surface area contributed by atoms with E-state index in [0.29, 0.717) is 16.6 Å². The zero-order valence-corrected chi connectivity index (χ0v) is 45.1. The molecule has 0 amide bonds. The number of aromatic nitrogens is 1. The van der Waals surface area contributed by atoms with Crippen LogP contribution in [0.25, 0.3) is 116 Å². The first kappa shape index (κ1) is 42.8. The lowest BCUT2D eigenvalue weighted by Crippen LogP contribution is -2.61. The van der Waals surface area contributed by atoms with Crippen LogP contribution in [-0.4, -0.2) is 11.3 Å². The zero-order valence-electron chi connectivity index (χ0n) is 49.1. The van der Waals surface area contributed by atoms with Crippen LogP contribution < -0.4 is 26.2 Å². The van der Waals surface area contributed by atoms with Gasteiger partial charge in [0.25, 0.3) is 6.71 Å². The van der Waals surface area contributed by atoms with Crippen molar-refractivity contribution in [3.63, 3.8) is 0 Å². The van der Waals surface area contributed by atoms with Gasteiger partial charge >= 0.3 is 0 Å².